The fraction of sp³-hybridized carbons (Fsp3) is 0.476. The average Bonchev–Trinajstić information content (AvgIpc) is 3.20. The maximum absolute atomic E-state index is 12.1. The van der Waals surface area contributed by atoms with Crippen molar-refractivity contribution in [2.24, 2.45) is 5.92 Å². The highest BCUT2D eigenvalue weighted by molar-refractivity contribution is 5.90. The quantitative estimate of drug-likeness (QED) is 0.492. The van der Waals surface area contributed by atoms with E-state index in [4.69, 9.17) is 8.83 Å². The summed E-state index contributed by atoms with van der Waals surface area (Å²) < 4.78 is 10.1. The topological polar surface area (TPSA) is 43.4 Å². The number of rotatable bonds is 11. The Morgan fingerprint density at radius 2 is 1.71 bits per heavy atom. The largest absolute Gasteiger partial charge is 0.472 e. The first-order chi connectivity index (χ1) is 11.6. The second-order valence-corrected chi connectivity index (χ2v) is 6.78. The van der Waals surface area contributed by atoms with E-state index in [2.05, 4.69) is 13.8 Å². The van der Waals surface area contributed by atoms with E-state index < -0.39 is 0 Å². The van der Waals surface area contributed by atoms with E-state index in [9.17, 15) is 4.79 Å². The molecule has 0 radical (unpaired) electrons. The molecule has 2 aromatic heterocycles. The van der Waals surface area contributed by atoms with Crippen LogP contribution < -0.4 is 0 Å². The van der Waals surface area contributed by atoms with E-state index >= 15 is 0 Å². The van der Waals surface area contributed by atoms with Crippen molar-refractivity contribution in [3.8, 4) is 0 Å². The van der Waals surface area contributed by atoms with Gasteiger partial charge in [-0.3, -0.25) is 4.79 Å². The normalized spacial score (nSPS) is 13.2. The molecule has 0 saturated heterocycles. The third-order valence-corrected chi connectivity index (χ3v) is 4.32. The summed E-state index contributed by atoms with van der Waals surface area (Å²) in [5.74, 6) is 0.686. The van der Waals surface area contributed by atoms with Gasteiger partial charge in [-0.25, -0.2) is 0 Å². The van der Waals surface area contributed by atoms with Gasteiger partial charge in [-0.2, -0.15) is 0 Å². The Morgan fingerprint density at radius 1 is 1.08 bits per heavy atom. The van der Waals surface area contributed by atoms with Gasteiger partial charge in [0.1, 0.15) is 0 Å². The highest BCUT2D eigenvalue weighted by Crippen LogP contribution is 2.16. The average molecular weight is 328 g/mol. The van der Waals surface area contributed by atoms with Gasteiger partial charge >= 0.3 is 0 Å². The maximum Gasteiger partial charge on any atom is 0.155 e. The highest BCUT2D eigenvalue weighted by Gasteiger charge is 2.08. The third-order valence-electron chi connectivity index (χ3n) is 4.32. The van der Waals surface area contributed by atoms with E-state index in [0.717, 1.165) is 38.5 Å². The first-order valence-electron chi connectivity index (χ1n) is 8.85. The first kappa shape index (κ1) is 18.3. The van der Waals surface area contributed by atoms with Crippen molar-refractivity contribution in [2.75, 3.05) is 0 Å². The molecule has 0 aromatic carbocycles. The van der Waals surface area contributed by atoms with Crippen LogP contribution in [0.4, 0.5) is 0 Å². The minimum absolute atomic E-state index is 0.256. The molecule has 0 N–H and O–H groups in total. The lowest BCUT2D eigenvalue weighted by Gasteiger charge is -2.09. The van der Waals surface area contributed by atoms with Crippen LogP contribution in [0.2, 0.25) is 0 Å². The van der Waals surface area contributed by atoms with Gasteiger partial charge in [0.25, 0.3) is 0 Å². The number of furan rings is 2. The lowest BCUT2D eigenvalue weighted by atomic mass is 9.96. The summed E-state index contributed by atoms with van der Waals surface area (Å²) in [4.78, 5) is 12.1. The molecule has 130 valence electrons. The Kier molecular flexibility index (Phi) is 7.60. The van der Waals surface area contributed by atoms with Crippen LogP contribution in [0.1, 0.15) is 57.1 Å². The summed E-state index contributed by atoms with van der Waals surface area (Å²) >= 11 is 0. The predicted octanol–water partition coefficient (Wildman–Crippen LogP) is 5.76. The Bertz CT molecular complexity index is 606. The number of hydrogen-bond acceptors (Lipinski definition) is 3. The highest BCUT2D eigenvalue weighted by atomic mass is 16.3. The molecule has 0 saturated carbocycles. The van der Waals surface area contributed by atoms with E-state index in [1.54, 1.807) is 25.1 Å². The lowest BCUT2D eigenvalue weighted by molar-refractivity contribution is -0.115. The number of hydrogen-bond donors (Lipinski definition) is 0. The second kappa shape index (κ2) is 9.96. The van der Waals surface area contributed by atoms with Gasteiger partial charge in [-0.05, 0) is 80.7 Å². The molecule has 3 nitrogen and oxygen atoms in total. The van der Waals surface area contributed by atoms with E-state index in [1.807, 2.05) is 18.2 Å². The van der Waals surface area contributed by atoms with Crippen LogP contribution in [0, 0.1) is 5.92 Å². The van der Waals surface area contributed by atoms with Gasteiger partial charge in [-0.1, -0.05) is 12.5 Å². The Labute approximate surface area is 144 Å². The SMILES string of the molecule is C/C(=C\C(=O)CC(C)CCCc1ccoc1)CCCc1ccoc1. The number of carbonyl (C=O) groups is 1. The van der Waals surface area contributed by atoms with Crippen molar-refractivity contribution in [3.63, 3.8) is 0 Å². The third kappa shape index (κ3) is 7.03. The summed E-state index contributed by atoms with van der Waals surface area (Å²) in [6.45, 7) is 4.21. The van der Waals surface area contributed by atoms with Gasteiger partial charge in [-0.15, -0.1) is 0 Å². The smallest absolute Gasteiger partial charge is 0.155 e. The molecule has 0 bridgehead atoms. The molecule has 0 spiro atoms. The zero-order chi connectivity index (χ0) is 17.2. The molecule has 3 heteroatoms. The molecule has 24 heavy (non-hydrogen) atoms. The van der Waals surface area contributed by atoms with Crippen molar-refractivity contribution < 1.29 is 13.6 Å². The monoisotopic (exact) mass is 328 g/mol. The van der Waals surface area contributed by atoms with Gasteiger partial charge in [0.15, 0.2) is 5.78 Å². The van der Waals surface area contributed by atoms with Crippen LogP contribution in [0.25, 0.3) is 0 Å². The lowest BCUT2D eigenvalue weighted by Crippen LogP contribution is -2.04. The standard InChI is InChI=1S/C21H28O3/c1-17(5-3-7-19-9-11-23-15-19)13-21(22)14-18(2)6-4-8-20-10-12-24-16-20/h9-13,15-16,18H,3-8,14H2,1-2H3/b17-13+. The molecule has 2 heterocycles. The zero-order valence-corrected chi connectivity index (χ0v) is 14.8. The van der Waals surface area contributed by atoms with Crippen LogP contribution in [0.15, 0.2) is 57.7 Å². The second-order valence-electron chi connectivity index (χ2n) is 6.78. The molecule has 0 aliphatic carbocycles. The molecule has 1 atom stereocenters. The molecule has 0 fully saturated rings. The summed E-state index contributed by atoms with van der Waals surface area (Å²) in [5, 5.41) is 0. The molecular formula is C21H28O3. The first-order valence-corrected chi connectivity index (χ1v) is 8.85. The van der Waals surface area contributed by atoms with Crippen molar-refractivity contribution in [1.82, 2.24) is 0 Å². The summed E-state index contributed by atoms with van der Waals surface area (Å²) in [5.41, 5.74) is 3.64. The molecule has 2 aromatic rings. The fourth-order valence-electron chi connectivity index (χ4n) is 2.95. The molecule has 0 aliphatic rings. The van der Waals surface area contributed by atoms with Crippen LogP contribution in [-0.4, -0.2) is 5.78 Å². The maximum atomic E-state index is 12.1. The van der Waals surface area contributed by atoms with Crippen molar-refractivity contribution >= 4 is 5.78 Å². The van der Waals surface area contributed by atoms with Crippen LogP contribution in [0.5, 0.6) is 0 Å². The predicted molar refractivity (Wildman–Crippen MR) is 95.8 cm³/mol. The molecule has 0 aliphatic heterocycles. The number of carbonyl (C=O) groups excluding carboxylic acids is 1. The summed E-state index contributed by atoms with van der Waals surface area (Å²) in [6.07, 6.45) is 15.7. The van der Waals surface area contributed by atoms with Crippen molar-refractivity contribution in [2.45, 2.75) is 58.8 Å². The van der Waals surface area contributed by atoms with Crippen LogP contribution in [-0.2, 0) is 17.6 Å². The van der Waals surface area contributed by atoms with Crippen LogP contribution in [0.3, 0.4) is 0 Å². The Hall–Kier alpha value is -2.03. The molecule has 2 rings (SSSR count). The van der Waals surface area contributed by atoms with Crippen LogP contribution >= 0.6 is 0 Å². The van der Waals surface area contributed by atoms with Gasteiger partial charge in [0.2, 0.25) is 0 Å². The van der Waals surface area contributed by atoms with Crippen molar-refractivity contribution in [1.29, 1.82) is 0 Å². The summed E-state index contributed by atoms with van der Waals surface area (Å²) in [7, 11) is 0. The molecule has 1 unspecified atom stereocenters. The van der Waals surface area contributed by atoms with Crippen molar-refractivity contribution in [3.05, 3.63) is 60.0 Å². The van der Waals surface area contributed by atoms with Gasteiger partial charge < -0.3 is 8.83 Å². The van der Waals surface area contributed by atoms with E-state index in [1.165, 1.54) is 16.7 Å². The zero-order valence-electron chi connectivity index (χ0n) is 14.8. The minimum Gasteiger partial charge on any atom is -0.472 e. The van der Waals surface area contributed by atoms with E-state index in [-0.39, 0.29) is 5.78 Å². The van der Waals surface area contributed by atoms with E-state index in [0.29, 0.717) is 12.3 Å². The minimum atomic E-state index is 0.256. The number of aryl methyl sites for hydroxylation is 2. The van der Waals surface area contributed by atoms with Gasteiger partial charge in [0.05, 0.1) is 25.1 Å². The Balaban J connectivity index is 1.61. The van der Waals surface area contributed by atoms with Gasteiger partial charge in [0, 0.05) is 6.42 Å². The molecular weight excluding hydrogens is 300 g/mol. The number of allylic oxidation sites excluding steroid dienone is 2. The Morgan fingerprint density at radius 3 is 2.29 bits per heavy atom. The number of ketones is 1. The molecule has 0 amide bonds. The fourth-order valence-corrected chi connectivity index (χ4v) is 2.95. The summed E-state index contributed by atoms with van der Waals surface area (Å²) in [6, 6.07) is 4.00.